The molecule has 33 heavy (non-hydrogen) atoms. The van der Waals surface area contributed by atoms with Gasteiger partial charge in [0.2, 0.25) is 5.95 Å². The maximum absolute atomic E-state index is 15.4. The summed E-state index contributed by atoms with van der Waals surface area (Å²) in [6.07, 6.45) is 4.25. The van der Waals surface area contributed by atoms with Gasteiger partial charge in [0.1, 0.15) is 11.3 Å². The number of rotatable bonds is 2. The summed E-state index contributed by atoms with van der Waals surface area (Å²) in [5.74, 6) is 0.0704. The van der Waals surface area contributed by atoms with Gasteiger partial charge in [-0.2, -0.15) is 4.39 Å². The Kier molecular flexibility index (Phi) is 4.74. The molecular weight excluding hydrogens is 444 g/mol. The van der Waals surface area contributed by atoms with Crippen LogP contribution in [0.5, 0.6) is 11.5 Å². The van der Waals surface area contributed by atoms with Crippen molar-refractivity contribution in [3.8, 4) is 22.6 Å². The lowest BCUT2D eigenvalue weighted by atomic mass is 9.79. The summed E-state index contributed by atoms with van der Waals surface area (Å²) in [5.41, 5.74) is 9.17. The summed E-state index contributed by atoms with van der Waals surface area (Å²) in [5, 5.41) is 0.415. The molecule has 6 rings (SSSR count). The quantitative estimate of drug-likeness (QED) is 0.527. The minimum absolute atomic E-state index is 0.142. The summed E-state index contributed by atoms with van der Waals surface area (Å²) >= 11 is 1.41. The van der Waals surface area contributed by atoms with E-state index in [2.05, 4.69) is 11.1 Å². The molecule has 3 aliphatic rings. The van der Waals surface area contributed by atoms with Gasteiger partial charge in [-0.25, -0.2) is 14.4 Å². The predicted octanol–water partition coefficient (Wildman–Crippen LogP) is 5.24. The van der Waals surface area contributed by atoms with Gasteiger partial charge in [0, 0.05) is 28.6 Å². The number of aromatic nitrogens is 1. The summed E-state index contributed by atoms with van der Waals surface area (Å²) < 4.78 is 41.4. The third kappa shape index (κ3) is 3.24. The van der Waals surface area contributed by atoms with Crippen molar-refractivity contribution < 1.29 is 18.3 Å². The van der Waals surface area contributed by atoms with Crippen LogP contribution in [0, 0.1) is 11.8 Å². The van der Waals surface area contributed by atoms with Crippen LogP contribution in [0.3, 0.4) is 0 Å². The molecule has 1 atom stereocenters. The van der Waals surface area contributed by atoms with E-state index < -0.39 is 17.3 Å². The van der Waals surface area contributed by atoms with Gasteiger partial charge in [0.05, 0.1) is 13.2 Å². The third-order valence-electron chi connectivity index (χ3n) is 6.21. The molecule has 8 heteroatoms. The second kappa shape index (κ2) is 7.67. The molecule has 0 amide bonds. The maximum Gasteiger partial charge on any atom is 0.220 e. The van der Waals surface area contributed by atoms with Crippen molar-refractivity contribution in [1.82, 2.24) is 4.98 Å². The zero-order valence-corrected chi connectivity index (χ0v) is 18.3. The van der Waals surface area contributed by atoms with Crippen LogP contribution in [-0.2, 0) is 10.3 Å². The van der Waals surface area contributed by atoms with E-state index in [-0.39, 0.29) is 5.75 Å². The Balaban J connectivity index is 1.57. The van der Waals surface area contributed by atoms with Crippen molar-refractivity contribution in [2.75, 3.05) is 19.0 Å². The lowest BCUT2D eigenvalue weighted by Gasteiger charge is -2.35. The topological polar surface area (TPSA) is 69.7 Å². The number of fused-ring (bicyclic) bond motifs is 4. The van der Waals surface area contributed by atoms with Crippen LogP contribution in [0.25, 0.3) is 16.7 Å². The fraction of sp³-hybridized carbons (Fsp3) is 0.200. The van der Waals surface area contributed by atoms with Gasteiger partial charge in [-0.15, -0.1) is 0 Å². The first kappa shape index (κ1) is 20.4. The number of nitrogens with two attached hydrogens (primary N) is 1. The highest BCUT2D eigenvalue weighted by molar-refractivity contribution is 8.14. The lowest BCUT2D eigenvalue weighted by molar-refractivity contribution is 0.164. The maximum atomic E-state index is 15.4. The Bertz CT molecular complexity index is 1360. The van der Waals surface area contributed by atoms with Crippen LogP contribution in [0.4, 0.5) is 8.78 Å². The van der Waals surface area contributed by atoms with Gasteiger partial charge < -0.3 is 15.2 Å². The van der Waals surface area contributed by atoms with E-state index in [4.69, 9.17) is 20.2 Å². The number of halogens is 2. The van der Waals surface area contributed by atoms with Crippen LogP contribution >= 0.6 is 11.8 Å². The van der Waals surface area contributed by atoms with Crippen molar-refractivity contribution >= 4 is 22.5 Å². The minimum atomic E-state index is -0.945. The van der Waals surface area contributed by atoms with Gasteiger partial charge >= 0.3 is 0 Å². The lowest BCUT2D eigenvalue weighted by Crippen LogP contribution is -2.31. The molecule has 0 unspecified atom stereocenters. The van der Waals surface area contributed by atoms with E-state index in [1.165, 1.54) is 24.0 Å². The number of benzene rings is 2. The summed E-state index contributed by atoms with van der Waals surface area (Å²) in [6.45, 7) is 1.08. The number of pyridine rings is 1. The summed E-state index contributed by atoms with van der Waals surface area (Å²) in [7, 11) is 0. The second-order valence-corrected chi connectivity index (χ2v) is 9.15. The minimum Gasteiger partial charge on any atom is -0.453 e. The normalized spacial score (nSPS) is 21.2. The van der Waals surface area contributed by atoms with Crippen LogP contribution in [-0.4, -0.2) is 29.1 Å². The van der Waals surface area contributed by atoms with E-state index in [9.17, 15) is 4.39 Å². The molecule has 3 aliphatic heterocycles. The van der Waals surface area contributed by atoms with Crippen molar-refractivity contribution in [2.45, 2.75) is 12.0 Å². The molecule has 2 N–H and O–H groups in total. The highest BCUT2D eigenvalue weighted by Crippen LogP contribution is 2.54. The molecule has 0 fully saturated rings. The molecule has 0 saturated heterocycles. The zero-order chi connectivity index (χ0) is 22.6. The number of aliphatic imine (C=N–C) groups is 1. The molecule has 0 bridgehead atoms. The van der Waals surface area contributed by atoms with Crippen molar-refractivity contribution in [3.63, 3.8) is 0 Å². The van der Waals surface area contributed by atoms with E-state index in [0.717, 1.165) is 17.6 Å². The van der Waals surface area contributed by atoms with Crippen LogP contribution < -0.4 is 10.5 Å². The first-order valence-corrected chi connectivity index (χ1v) is 11.6. The summed E-state index contributed by atoms with van der Waals surface area (Å²) in [6, 6.07) is 12.1. The fourth-order valence-electron chi connectivity index (χ4n) is 4.62. The van der Waals surface area contributed by atoms with Crippen LogP contribution in [0.1, 0.15) is 23.1 Å². The van der Waals surface area contributed by atoms with Crippen molar-refractivity contribution in [3.05, 3.63) is 83.2 Å². The van der Waals surface area contributed by atoms with Crippen molar-refractivity contribution in [1.29, 1.82) is 0 Å². The van der Waals surface area contributed by atoms with E-state index in [1.807, 2.05) is 12.1 Å². The number of hydrogen-bond acceptors (Lipinski definition) is 6. The first-order valence-electron chi connectivity index (χ1n) is 10.6. The van der Waals surface area contributed by atoms with Gasteiger partial charge in [-0.1, -0.05) is 23.9 Å². The monoisotopic (exact) mass is 463 g/mol. The molecule has 1 spiro atoms. The molecule has 4 heterocycles. The molecule has 0 aliphatic carbocycles. The molecule has 0 radical (unpaired) electrons. The molecule has 0 saturated carbocycles. The molecule has 166 valence electrons. The number of thioether (sulfide) groups is 1. The highest BCUT2D eigenvalue weighted by Gasteiger charge is 2.47. The molecule has 2 aromatic carbocycles. The number of amidine groups is 1. The van der Waals surface area contributed by atoms with Gasteiger partial charge in [-0.3, -0.25) is 0 Å². The Hall–Kier alpha value is -3.23. The van der Waals surface area contributed by atoms with E-state index >= 15 is 4.39 Å². The number of hydrogen-bond donors (Lipinski definition) is 1. The molecule has 5 nitrogen and oxygen atoms in total. The number of nitrogens with zero attached hydrogens (tertiary/aromatic N) is 2. The zero-order valence-electron chi connectivity index (χ0n) is 17.5. The second-order valence-electron chi connectivity index (χ2n) is 8.16. The first-order chi connectivity index (χ1) is 16.0. The fourth-order valence-corrected chi connectivity index (χ4v) is 5.57. The SMILES string of the molecule is NC1=N[C@@]2(CS1)c1cc(-c3cccnc3F)ccc1Oc1c(F)cc(C3=CCCOC3)cc12. The largest absolute Gasteiger partial charge is 0.453 e. The Morgan fingerprint density at radius 3 is 2.70 bits per heavy atom. The van der Waals surface area contributed by atoms with Crippen molar-refractivity contribution in [2.24, 2.45) is 10.7 Å². The highest BCUT2D eigenvalue weighted by atomic mass is 32.2. The Morgan fingerprint density at radius 1 is 1.06 bits per heavy atom. The van der Waals surface area contributed by atoms with Gasteiger partial charge in [0.25, 0.3) is 0 Å². The van der Waals surface area contributed by atoms with Gasteiger partial charge in [-0.05, 0) is 59.5 Å². The van der Waals surface area contributed by atoms with E-state index in [1.54, 1.807) is 24.3 Å². The Labute approximate surface area is 193 Å². The standard InChI is InChI=1S/C25H19F2N3O2S/c26-20-11-16(15-3-2-8-31-12-15)10-19-22(20)32-21-6-5-14(17-4-1-7-29-23(17)27)9-18(21)25(19)13-33-24(28)30-25/h1,3-7,9-11H,2,8,12-13H2,(H2,28,30)/t25-/m0/s1. The summed E-state index contributed by atoms with van der Waals surface area (Å²) in [4.78, 5) is 8.56. The van der Waals surface area contributed by atoms with Crippen LogP contribution in [0.15, 0.2) is 59.7 Å². The van der Waals surface area contributed by atoms with Gasteiger partial charge in [0.15, 0.2) is 16.7 Å². The third-order valence-corrected chi connectivity index (χ3v) is 7.16. The smallest absolute Gasteiger partial charge is 0.220 e. The average Bonchev–Trinajstić information content (AvgIpc) is 3.23. The van der Waals surface area contributed by atoms with E-state index in [0.29, 0.717) is 52.1 Å². The number of ether oxygens (including phenoxy) is 2. The molecular formula is C25H19F2N3O2S. The molecule has 3 aromatic rings. The average molecular weight is 464 g/mol. The molecule has 1 aromatic heterocycles. The Morgan fingerprint density at radius 2 is 1.94 bits per heavy atom. The van der Waals surface area contributed by atoms with Crippen LogP contribution in [0.2, 0.25) is 0 Å². The predicted molar refractivity (Wildman–Crippen MR) is 124 cm³/mol.